The fourth-order valence-corrected chi connectivity index (χ4v) is 4.97. The molecule has 31 heavy (non-hydrogen) atoms. The SMILES string of the molecule is O=S(=O)(Nc1ccccc1)N1CCOC(C(c2ccc(F)cc2)c2ccc(F)cc2)C1. The average Bonchev–Trinajstić information content (AvgIpc) is 2.77. The first-order valence-electron chi connectivity index (χ1n) is 9.88. The maximum Gasteiger partial charge on any atom is 0.301 e. The highest BCUT2D eigenvalue weighted by atomic mass is 32.2. The van der Waals surface area contributed by atoms with Gasteiger partial charge in [0.05, 0.1) is 12.7 Å². The van der Waals surface area contributed by atoms with Gasteiger partial charge in [-0.1, -0.05) is 42.5 Å². The zero-order chi connectivity index (χ0) is 21.8. The summed E-state index contributed by atoms with van der Waals surface area (Å²) in [6, 6.07) is 20.6. The van der Waals surface area contributed by atoms with Gasteiger partial charge < -0.3 is 4.74 Å². The van der Waals surface area contributed by atoms with E-state index in [1.807, 2.05) is 0 Å². The molecule has 4 rings (SSSR count). The van der Waals surface area contributed by atoms with E-state index in [0.29, 0.717) is 5.69 Å². The van der Waals surface area contributed by atoms with Gasteiger partial charge in [0.2, 0.25) is 0 Å². The Kier molecular flexibility index (Phi) is 6.31. The van der Waals surface area contributed by atoms with E-state index in [1.165, 1.54) is 28.6 Å². The zero-order valence-corrected chi connectivity index (χ0v) is 17.4. The molecule has 0 amide bonds. The number of halogens is 2. The molecule has 0 aromatic heterocycles. The Balaban J connectivity index is 1.62. The van der Waals surface area contributed by atoms with Gasteiger partial charge in [-0.3, -0.25) is 4.72 Å². The third-order valence-corrected chi connectivity index (χ3v) is 6.75. The minimum absolute atomic E-state index is 0.0988. The quantitative estimate of drug-likeness (QED) is 0.621. The Hall–Kier alpha value is -2.81. The Labute approximate surface area is 180 Å². The second kappa shape index (κ2) is 9.13. The van der Waals surface area contributed by atoms with Crippen molar-refractivity contribution in [1.82, 2.24) is 4.31 Å². The zero-order valence-electron chi connectivity index (χ0n) is 16.6. The molecule has 1 saturated heterocycles. The second-order valence-corrected chi connectivity index (χ2v) is 8.99. The molecule has 3 aromatic carbocycles. The van der Waals surface area contributed by atoms with Gasteiger partial charge in [-0.15, -0.1) is 0 Å². The summed E-state index contributed by atoms with van der Waals surface area (Å²) < 4.78 is 62.8. The van der Waals surface area contributed by atoms with Crippen LogP contribution in [0.25, 0.3) is 0 Å². The number of nitrogens with zero attached hydrogens (tertiary/aromatic N) is 1. The van der Waals surface area contributed by atoms with Crippen molar-refractivity contribution >= 4 is 15.9 Å². The van der Waals surface area contributed by atoms with E-state index in [-0.39, 0.29) is 31.3 Å². The van der Waals surface area contributed by atoms with Crippen molar-refractivity contribution < 1.29 is 21.9 Å². The lowest BCUT2D eigenvalue weighted by molar-refractivity contribution is -0.00977. The van der Waals surface area contributed by atoms with Gasteiger partial charge in [-0.05, 0) is 47.5 Å². The summed E-state index contributed by atoms with van der Waals surface area (Å²) in [5, 5.41) is 0. The molecule has 1 unspecified atom stereocenters. The maximum atomic E-state index is 13.5. The predicted molar refractivity (Wildman–Crippen MR) is 115 cm³/mol. The molecule has 1 aliphatic heterocycles. The lowest BCUT2D eigenvalue weighted by Gasteiger charge is -2.36. The van der Waals surface area contributed by atoms with E-state index >= 15 is 0 Å². The van der Waals surface area contributed by atoms with Crippen LogP contribution in [0, 0.1) is 11.6 Å². The van der Waals surface area contributed by atoms with Crippen LogP contribution in [0.4, 0.5) is 14.5 Å². The van der Waals surface area contributed by atoms with Crippen molar-refractivity contribution in [3.05, 3.63) is 102 Å². The van der Waals surface area contributed by atoms with E-state index < -0.39 is 22.2 Å². The number of rotatable bonds is 6. The fraction of sp³-hybridized carbons (Fsp3) is 0.217. The van der Waals surface area contributed by atoms with E-state index in [1.54, 1.807) is 54.6 Å². The third-order valence-electron chi connectivity index (χ3n) is 5.25. The molecule has 1 N–H and O–H groups in total. The van der Waals surface area contributed by atoms with Crippen molar-refractivity contribution in [3.8, 4) is 0 Å². The monoisotopic (exact) mass is 444 g/mol. The number of ether oxygens (including phenoxy) is 1. The fourth-order valence-electron chi connectivity index (χ4n) is 3.75. The van der Waals surface area contributed by atoms with Crippen LogP contribution < -0.4 is 4.72 Å². The normalized spacial score (nSPS) is 17.6. The van der Waals surface area contributed by atoms with Crippen molar-refractivity contribution in [2.24, 2.45) is 0 Å². The molecule has 0 bridgehead atoms. The molecule has 0 saturated carbocycles. The molecule has 1 aliphatic rings. The topological polar surface area (TPSA) is 58.6 Å². The number of nitrogens with one attached hydrogen (secondary N) is 1. The molecule has 162 valence electrons. The molecule has 3 aromatic rings. The first kappa shape index (κ1) is 21.4. The van der Waals surface area contributed by atoms with Gasteiger partial charge in [-0.25, -0.2) is 8.78 Å². The van der Waals surface area contributed by atoms with E-state index in [4.69, 9.17) is 4.74 Å². The largest absolute Gasteiger partial charge is 0.374 e. The highest BCUT2D eigenvalue weighted by molar-refractivity contribution is 7.90. The standard InChI is InChI=1S/C23H22F2N2O3S/c24-19-10-6-17(7-11-19)23(18-8-12-20(25)13-9-18)22-16-27(14-15-30-22)31(28,29)26-21-4-2-1-3-5-21/h1-13,22-23,26H,14-16H2. The molecule has 8 heteroatoms. The number of para-hydroxylation sites is 1. The molecule has 0 radical (unpaired) electrons. The number of benzene rings is 3. The maximum absolute atomic E-state index is 13.5. The van der Waals surface area contributed by atoms with Crippen molar-refractivity contribution in [1.29, 1.82) is 0 Å². The molecule has 1 fully saturated rings. The minimum Gasteiger partial charge on any atom is -0.374 e. The van der Waals surface area contributed by atoms with Gasteiger partial charge >= 0.3 is 10.2 Å². The van der Waals surface area contributed by atoms with E-state index in [9.17, 15) is 17.2 Å². The Bertz CT molecular complexity index is 1060. The Morgan fingerprint density at radius 1 is 0.871 bits per heavy atom. The van der Waals surface area contributed by atoms with Crippen LogP contribution in [0.5, 0.6) is 0 Å². The van der Waals surface area contributed by atoms with Crippen molar-refractivity contribution in [2.45, 2.75) is 12.0 Å². The van der Waals surface area contributed by atoms with Gasteiger partial charge in [0.1, 0.15) is 11.6 Å². The molecular weight excluding hydrogens is 422 g/mol. The van der Waals surface area contributed by atoms with Crippen LogP contribution in [0.1, 0.15) is 17.0 Å². The number of morpholine rings is 1. The van der Waals surface area contributed by atoms with Crippen LogP contribution in [0.15, 0.2) is 78.9 Å². The van der Waals surface area contributed by atoms with Crippen molar-refractivity contribution in [3.63, 3.8) is 0 Å². The van der Waals surface area contributed by atoms with Gasteiger partial charge in [-0.2, -0.15) is 12.7 Å². The van der Waals surface area contributed by atoms with Crippen LogP contribution >= 0.6 is 0 Å². The van der Waals surface area contributed by atoms with Crippen LogP contribution in [-0.4, -0.2) is 38.5 Å². The highest BCUT2D eigenvalue weighted by Crippen LogP contribution is 2.32. The summed E-state index contributed by atoms with van der Waals surface area (Å²) in [5.74, 6) is -1.14. The number of hydrogen-bond donors (Lipinski definition) is 1. The van der Waals surface area contributed by atoms with E-state index in [2.05, 4.69) is 4.72 Å². The molecule has 0 aliphatic carbocycles. The summed E-state index contributed by atoms with van der Waals surface area (Å²) >= 11 is 0. The highest BCUT2D eigenvalue weighted by Gasteiger charge is 2.35. The molecule has 1 heterocycles. The first-order chi connectivity index (χ1) is 14.9. The first-order valence-corrected chi connectivity index (χ1v) is 11.3. The summed E-state index contributed by atoms with van der Waals surface area (Å²) in [6.45, 7) is 0.513. The van der Waals surface area contributed by atoms with Crippen LogP contribution in [-0.2, 0) is 14.9 Å². The molecule has 5 nitrogen and oxygen atoms in total. The lowest BCUT2D eigenvalue weighted by atomic mass is 9.86. The summed E-state index contributed by atoms with van der Waals surface area (Å²) in [4.78, 5) is 0. The average molecular weight is 445 g/mol. The second-order valence-electron chi connectivity index (χ2n) is 7.32. The smallest absolute Gasteiger partial charge is 0.301 e. The van der Waals surface area contributed by atoms with Crippen molar-refractivity contribution in [2.75, 3.05) is 24.4 Å². The van der Waals surface area contributed by atoms with Crippen LogP contribution in [0.3, 0.4) is 0 Å². The summed E-state index contributed by atoms with van der Waals surface area (Å²) in [7, 11) is -3.80. The lowest BCUT2D eigenvalue weighted by Crippen LogP contribution is -2.49. The Morgan fingerprint density at radius 3 is 1.97 bits per heavy atom. The van der Waals surface area contributed by atoms with Gasteiger partial charge in [0, 0.05) is 24.7 Å². The molecule has 1 atom stereocenters. The Morgan fingerprint density at radius 2 is 1.42 bits per heavy atom. The minimum atomic E-state index is -3.80. The predicted octanol–water partition coefficient (Wildman–Crippen LogP) is 4.15. The molecular formula is C23H22F2N2O3S. The molecule has 0 spiro atoms. The van der Waals surface area contributed by atoms with Gasteiger partial charge in [0.15, 0.2) is 0 Å². The summed E-state index contributed by atoms with van der Waals surface area (Å²) in [6.07, 6.45) is -0.531. The third kappa shape index (κ3) is 5.10. The summed E-state index contributed by atoms with van der Waals surface area (Å²) in [5.41, 5.74) is 1.99. The van der Waals surface area contributed by atoms with E-state index in [0.717, 1.165) is 11.1 Å². The van der Waals surface area contributed by atoms with Crippen LogP contribution in [0.2, 0.25) is 0 Å². The number of anilines is 1. The van der Waals surface area contributed by atoms with Gasteiger partial charge in [0.25, 0.3) is 0 Å². The number of hydrogen-bond acceptors (Lipinski definition) is 3.